The summed E-state index contributed by atoms with van der Waals surface area (Å²) in [5, 5.41) is 4.41. The van der Waals surface area contributed by atoms with E-state index in [-0.39, 0.29) is 0 Å². The average Bonchev–Trinajstić information content (AvgIpc) is 3.04. The Morgan fingerprint density at radius 2 is 2.18 bits per heavy atom. The molecule has 17 heavy (non-hydrogen) atoms. The number of nitrogens with one attached hydrogen (secondary N) is 1. The molecule has 1 N–H and O–H groups in total. The standard InChI is InChI=1S/C13H21N3S/c1-2-5-11(4-1)15-13-14-7-8-16(13)10-12-6-3-9-17-12/h7-8,11-12H,1-6,9-10H2,(H,14,15). The molecule has 2 aliphatic rings. The summed E-state index contributed by atoms with van der Waals surface area (Å²) in [5.41, 5.74) is 0. The van der Waals surface area contributed by atoms with Crippen LogP contribution in [0, 0.1) is 0 Å². The summed E-state index contributed by atoms with van der Waals surface area (Å²) in [6.07, 6.45) is 12.2. The Morgan fingerprint density at radius 3 is 2.94 bits per heavy atom. The Morgan fingerprint density at radius 1 is 1.29 bits per heavy atom. The first-order chi connectivity index (χ1) is 8.42. The van der Waals surface area contributed by atoms with Crippen molar-refractivity contribution in [1.82, 2.24) is 9.55 Å². The quantitative estimate of drug-likeness (QED) is 0.891. The number of nitrogens with zero attached hydrogens (tertiary/aromatic N) is 2. The van der Waals surface area contributed by atoms with Crippen molar-refractivity contribution in [2.75, 3.05) is 11.1 Å². The molecule has 0 bridgehead atoms. The fourth-order valence-corrected chi connectivity index (χ4v) is 4.12. The van der Waals surface area contributed by atoms with Gasteiger partial charge in [-0.1, -0.05) is 12.8 Å². The minimum atomic E-state index is 0.660. The first-order valence-corrected chi connectivity index (χ1v) is 7.86. The van der Waals surface area contributed by atoms with Crippen LogP contribution in [0.5, 0.6) is 0 Å². The normalized spacial score (nSPS) is 25.5. The predicted molar refractivity (Wildman–Crippen MR) is 73.6 cm³/mol. The lowest BCUT2D eigenvalue weighted by Crippen LogP contribution is -2.20. The number of hydrogen-bond acceptors (Lipinski definition) is 3. The number of aromatic nitrogens is 2. The summed E-state index contributed by atoms with van der Waals surface area (Å²) in [7, 11) is 0. The maximum Gasteiger partial charge on any atom is 0.203 e. The van der Waals surface area contributed by atoms with Crippen LogP contribution in [0.2, 0.25) is 0 Å². The van der Waals surface area contributed by atoms with Gasteiger partial charge in [-0.05, 0) is 31.4 Å². The zero-order valence-electron chi connectivity index (χ0n) is 10.3. The molecule has 1 aliphatic carbocycles. The van der Waals surface area contributed by atoms with Crippen molar-refractivity contribution in [2.24, 2.45) is 0 Å². The second-order valence-corrected chi connectivity index (χ2v) is 6.57. The molecular weight excluding hydrogens is 230 g/mol. The van der Waals surface area contributed by atoms with Crippen LogP contribution in [0.4, 0.5) is 5.95 Å². The van der Waals surface area contributed by atoms with Crippen LogP contribution in [-0.4, -0.2) is 26.6 Å². The molecule has 3 nitrogen and oxygen atoms in total. The maximum absolute atomic E-state index is 4.46. The lowest BCUT2D eigenvalue weighted by atomic mass is 10.2. The maximum atomic E-state index is 4.46. The van der Waals surface area contributed by atoms with Gasteiger partial charge < -0.3 is 9.88 Å². The molecule has 0 spiro atoms. The van der Waals surface area contributed by atoms with Crippen molar-refractivity contribution >= 4 is 17.7 Å². The van der Waals surface area contributed by atoms with Gasteiger partial charge in [0.1, 0.15) is 0 Å². The molecular formula is C13H21N3S. The molecule has 0 aromatic carbocycles. The van der Waals surface area contributed by atoms with Crippen molar-refractivity contribution in [3.05, 3.63) is 12.4 Å². The largest absolute Gasteiger partial charge is 0.353 e. The van der Waals surface area contributed by atoms with E-state index in [1.807, 2.05) is 6.20 Å². The van der Waals surface area contributed by atoms with Crippen LogP contribution in [0.25, 0.3) is 0 Å². The highest BCUT2D eigenvalue weighted by Gasteiger charge is 2.19. The van der Waals surface area contributed by atoms with Crippen molar-refractivity contribution in [3.8, 4) is 0 Å². The molecule has 1 unspecified atom stereocenters. The van der Waals surface area contributed by atoms with E-state index in [1.54, 1.807) is 0 Å². The molecule has 4 heteroatoms. The fourth-order valence-electron chi connectivity index (χ4n) is 2.86. The lowest BCUT2D eigenvalue weighted by Gasteiger charge is -2.16. The van der Waals surface area contributed by atoms with E-state index in [9.17, 15) is 0 Å². The summed E-state index contributed by atoms with van der Waals surface area (Å²) in [4.78, 5) is 4.46. The number of rotatable bonds is 4. The van der Waals surface area contributed by atoms with Gasteiger partial charge in [-0.3, -0.25) is 0 Å². The van der Waals surface area contributed by atoms with Crippen molar-refractivity contribution < 1.29 is 0 Å². The van der Waals surface area contributed by atoms with Crippen LogP contribution < -0.4 is 5.32 Å². The number of anilines is 1. The van der Waals surface area contributed by atoms with E-state index < -0.39 is 0 Å². The van der Waals surface area contributed by atoms with Gasteiger partial charge in [0.05, 0.1) is 0 Å². The Labute approximate surface area is 107 Å². The third-order valence-corrected chi connectivity index (χ3v) is 5.21. The smallest absolute Gasteiger partial charge is 0.203 e. The van der Waals surface area contributed by atoms with Gasteiger partial charge in [0.25, 0.3) is 0 Å². The second-order valence-electron chi connectivity index (χ2n) is 5.16. The molecule has 3 rings (SSSR count). The van der Waals surface area contributed by atoms with Gasteiger partial charge >= 0.3 is 0 Å². The molecule has 1 aromatic heterocycles. The van der Waals surface area contributed by atoms with Crippen molar-refractivity contribution in [2.45, 2.75) is 56.4 Å². The Hall–Kier alpha value is -0.640. The highest BCUT2D eigenvalue weighted by molar-refractivity contribution is 8.00. The monoisotopic (exact) mass is 251 g/mol. The molecule has 1 saturated carbocycles. The molecule has 1 saturated heterocycles. The van der Waals surface area contributed by atoms with Crippen molar-refractivity contribution in [1.29, 1.82) is 0 Å². The molecule has 1 aromatic rings. The molecule has 2 heterocycles. The van der Waals surface area contributed by atoms with Crippen LogP contribution in [-0.2, 0) is 6.54 Å². The minimum Gasteiger partial charge on any atom is -0.353 e. The van der Waals surface area contributed by atoms with E-state index in [2.05, 4.69) is 32.8 Å². The third-order valence-electron chi connectivity index (χ3n) is 3.83. The van der Waals surface area contributed by atoms with E-state index in [0.29, 0.717) is 6.04 Å². The predicted octanol–water partition coefficient (Wildman–Crippen LogP) is 3.13. The Balaban J connectivity index is 1.61. The van der Waals surface area contributed by atoms with Crippen molar-refractivity contribution in [3.63, 3.8) is 0 Å². The lowest BCUT2D eigenvalue weighted by molar-refractivity contribution is 0.631. The molecule has 94 valence electrons. The van der Waals surface area contributed by atoms with Crippen LogP contribution >= 0.6 is 11.8 Å². The summed E-state index contributed by atoms with van der Waals surface area (Å²) in [6, 6.07) is 0.660. The summed E-state index contributed by atoms with van der Waals surface area (Å²) in [5.74, 6) is 2.43. The summed E-state index contributed by atoms with van der Waals surface area (Å²) >= 11 is 2.12. The Bertz CT molecular complexity index is 319. The zero-order chi connectivity index (χ0) is 11.5. The Kier molecular flexibility index (Phi) is 3.60. The summed E-state index contributed by atoms with van der Waals surface area (Å²) in [6.45, 7) is 1.12. The third kappa shape index (κ3) is 2.79. The first kappa shape index (κ1) is 11.5. The van der Waals surface area contributed by atoms with Gasteiger partial charge in [0, 0.05) is 30.2 Å². The fraction of sp³-hybridized carbons (Fsp3) is 0.769. The van der Waals surface area contributed by atoms with E-state index in [0.717, 1.165) is 17.7 Å². The van der Waals surface area contributed by atoms with Gasteiger partial charge in [0.2, 0.25) is 5.95 Å². The highest BCUT2D eigenvalue weighted by atomic mass is 32.2. The molecule has 0 amide bonds. The summed E-state index contributed by atoms with van der Waals surface area (Å²) < 4.78 is 2.31. The molecule has 1 atom stereocenters. The number of thioether (sulfide) groups is 1. The van der Waals surface area contributed by atoms with Gasteiger partial charge in [-0.25, -0.2) is 4.98 Å². The van der Waals surface area contributed by atoms with Gasteiger partial charge in [-0.15, -0.1) is 0 Å². The number of imidazole rings is 1. The second kappa shape index (κ2) is 5.34. The number of hydrogen-bond donors (Lipinski definition) is 1. The molecule has 0 radical (unpaired) electrons. The first-order valence-electron chi connectivity index (χ1n) is 6.81. The van der Waals surface area contributed by atoms with Crippen LogP contribution in [0.3, 0.4) is 0 Å². The molecule has 1 aliphatic heterocycles. The minimum absolute atomic E-state index is 0.660. The van der Waals surface area contributed by atoms with E-state index in [4.69, 9.17) is 0 Å². The van der Waals surface area contributed by atoms with E-state index >= 15 is 0 Å². The SMILES string of the molecule is c1cn(CC2CCCS2)c(NC2CCCC2)n1. The van der Waals surface area contributed by atoms with Crippen LogP contribution in [0.1, 0.15) is 38.5 Å². The topological polar surface area (TPSA) is 29.9 Å². The van der Waals surface area contributed by atoms with Gasteiger partial charge in [0.15, 0.2) is 0 Å². The average molecular weight is 251 g/mol. The van der Waals surface area contributed by atoms with E-state index in [1.165, 1.54) is 44.3 Å². The zero-order valence-corrected chi connectivity index (χ0v) is 11.1. The van der Waals surface area contributed by atoms with Gasteiger partial charge in [-0.2, -0.15) is 11.8 Å². The van der Waals surface area contributed by atoms with Crippen LogP contribution in [0.15, 0.2) is 12.4 Å². The molecule has 2 fully saturated rings. The highest BCUT2D eigenvalue weighted by Crippen LogP contribution is 2.28.